The number of likely N-dealkylation sites (N-methyl/N-ethyl adjacent to an activating group) is 1. The van der Waals surface area contributed by atoms with Crippen molar-refractivity contribution in [2.75, 3.05) is 53.9 Å². The van der Waals surface area contributed by atoms with Crippen LogP contribution in [0.4, 0.5) is 0 Å². The van der Waals surface area contributed by atoms with Gasteiger partial charge in [-0.25, -0.2) is 0 Å². The molecule has 1 saturated heterocycles. The molecule has 2 amide bonds. The molecule has 2 rings (SSSR count). The molecule has 0 bridgehead atoms. The van der Waals surface area contributed by atoms with Crippen LogP contribution in [-0.2, 0) is 16.1 Å². The first-order valence-corrected chi connectivity index (χ1v) is 9.48. The average molecular weight is 377 g/mol. The Kier molecular flexibility index (Phi) is 8.06. The number of ether oxygens (including phenoxy) is 1. The minimum absolute atomic E-state index is 0.0237. The summed E-state index contributed by atoms with van der Waals surface area (Å²) in [5.41, 5.74) is 1.01. The lowest BCUT2D eigenvalue weighted by atomic mass is 10.2. The van der Waals surface area contributed by atoms with Gasteiger partial charge in [-0.2, -0.15) is 0 Å². The molecule has 1 fully saturated rings. The van der Waals surface area contributed by atoms with Crippen molar-refractivity contribution in [3.05, 3.63) is 29.8 Å². The van der Waals surface area contributed by atoms with E-state index in [4.69, 9.17) is 4.74 Å². The van der Waals surface area contributed by atoms with E-state index in [2.05, 4.69) is 15.1 Å². The van der Waals surface area contributed by atoms with Gasteiger partial charge in [0.05, 0.1) is 19.7 Å². The highest BCUT2D eigenvalue weighted by Crippen LogP contribution is 2.13. The summed E-state index contributed by atoms with van der Waals surface area (Å²) in [4.78, 5) is 30.5. The van der Waals surface area contributed by atoms with E-state index in [0.29, 0.717) is 13.1 Å². The largest absolute Gasteiger partial charge is 0.497 e. The molecule has 1 aliphatic rings. The molecule has 1 aliphatic heterocycles. The third-order valence-electron chi connectivity index (χ3n) is 5.01. The quantitative estimate of drug-likeness (QED) is 0.762. The standard InChI is InChI=1S/C20H32N4O3/c1-16(20(26)21-14-17-7-5-8-18(13-17)27-4)24-10-6-9-23(11-12-24)15-19(25)22(2)3/h5,7-8,13,16H,6,9-12,14-15H2,1-4H3,(H,21,26). The predicted octanol–water partition coefficient (Wildman–Crippen LogP) is 0.796. The molecule has 7 nitrogen and oxygen atoms in total. The number of amides is 2. The fourth-order valence-corrected chi connectivity index (χ4v) is 3.15. The third-order valence-corrected chi connectivity index (χ3v) is 5.01. The van der Waals surface area contributed by atoms with Crippen LogP contribution in [0.2, 0.25) is 0 Å². The maximum absolute atomic E-state index is 12.6. The Balaban J connectivity index is 1.82. The summed E-state index contributed by atoms with van der Waals surface area (Å²) < 4.78 is 5.22. The van der Waals surface area contributed by atoms with Crippen LogP contribution in [0.25, 0.3) is 0 Å². The Morgan fingerprint density at radius 1 is 1.22 bits per heavy atom. The van der Waals surface area contributed by atoms with Crippen LogP contribution in [0.3, 0.4) is 0 Å². The molecule has 1 aromatic carbocycles. The summed E-state index contributed by atoms with van der Waals surface area (Å²) in [5, 5.41) is 3.02. The van der Waals surface area contributed by atoms with Crippen LogP contribution in [0, 0.1) is 0 Å². The van der Waals surface area contributed by atoms with Crippen LogP contribution in [0.1, 0.15) is 18.9 Å². The van der Waals surface area contributed by atoms with Gasteiger partial charge in [0.25, 0.3) is 0 Å². The van der Waals surface area contributed by atoms with E-state index < -0.39 is 0 Å². The molecule has 0 saturated carbocycles. The van der Waals surface area contributed by atoms with E-state index in [1.165, 1.54) is 0 Å². The number of nitrogens with one attached hydrogen (secondary N) is 1. The van der Waals surface area contributed by atoms with Gasteiger partial charge in [0.15, 0.2) is 0 Å². The van der Waals surface area contributed by atoms with Crippen LogP contribution in [-0.4, -0.2) is 86.5 Å². The SMILES string of the molecule is COc1cccc(CNC(=O)C(C)N2CCCN(CC(=O)N(C)C)CC2)c1. The molecule has 1 aromatic rings. The van der Waals surface area contributed by atoms with Crippen molar-refractivity contribution in [1.82, 2.24) is 20.0 Å². The monoisotopic (exact) mass is 376 g/mol. The number of benzene rings is 1. The summed E-state index contributed by atoms with van der Waals surface area (Å²) in [7, 11) is 5.19. The summed E-state index contributed by atoms with van der Waals surface area (Å²) >= 11 is 0. The highest BCUT2D eigenvalue weighted by molar-refractivity contribution is 5.81. The molecular weight excluding hydrogens is 344 g/mol. The van der Waals surface area contributed by atoms with Gasteiger partial charge in [-0.15, -0.1) is 0 Å². The van der Waals surface area contributed by atoms with Crippen LogP contribution in [0.5, 0.6) is 5.75 Å². The minimum atomic E-state index is -0.194. The van der Waals surface area contributed by atoms with Gasteiger partial charge in [-0.3, -0.25) is 19.4 Å². The molecule has 1 heterocycles. The first kappa shape index (κ1) is 21.2. The Hall–Kier alpha value is -2.12. The molecule has 0 aliphatic carbocycles. The number of rotatable bonds is 7. The van der Waals surface area contributed by atoms with Gasteiger partial charge < -0.3 is 15.0 Å². The minimum Gasteiger partial charge on any atom is -0.497 e. The zero-order valence-corrected chi connectivity index (χ0v) is 16.9. The Morgan fingerprint density at radius 2 is 2.00 bits per heavy atom. The van der Waals surface area contributed by atoms with Crippen molar-refractivity contribution in [3.63, 3.8) is 0 Å². The van der Waals surface area contributed by atoms with E-state index in [1.54, 1.807) is 26.1 Å². The molecule has 27 heavy (non-hydrogen) atoms. The second kappa shape index (κ2) is 10.3. The number of hydrogen-bond donors (Lipinski definition) is 1. The van der Waals surface area contributed by atoms with Crippen molar-refractivity contribution in [3.8, 4) is 5.75 Å². The Labute approximate surface area is 162 Å². The molecule has 7 heteroatoms. The number of methoxy groups -OCH3 is 1. The first-order chi connectivity index (χ1) is 12.9. The maximum atomic E-state index is 12.6. The Bertz CT molecular complexity index is 635. The molecule has 1 N–H and O–H groups in total. The number of carbonyl (C=O) groups excluding carboxylic acids is 2. The maximum Gasteiger partial charge on any atom is 0.237 e. The Morgan fingerprint density at radius 3 is 2.70 bits per heavy atom. The lowest BCUT2D eigenvalue weighted by Crippen LogP contribution is -2.46. The van der Waals surface area contributed by atoms with Gasteiger partial charge in [0, 0.05) is 40.3 Å². The van der Waals surface area contributed by atoms with Gasteiger partial charge in [-0.05, 0) is 37.6 Å². The second-order valence-corrected chi connectivity index (χ2v) is 7.20. The zero-order chi connectivity index (χ0) is 19.8. The van der Waals surface area contributed by atoms with Crippen LogP contribution in [0.15, 0.2) is 24.3 Å². The number of hydrogen-bond acceptors (Lipinski definition) is 5. The molecular formula is C20H32N4O3. The zero-order valence-electron chi connectivity index (χ0n) is 16.9. The summed E-state index contributed by atoms with van der Waals surface area (Å²) in [6.45, 7) is 6.20. The molecule has 150 valence electrons. The van der Waals surface area contributed by atoms with Crippen molar-refractivity contribution < 1.29 is 14.3 Å². The van der Waals surface area contributed by atoms with Gasteiger partial charge in [0.1, 0.15) is 5.75 Å². The fraction of sp³-hybridized carbons (Fsp3) is 0.600. The predicted molar refractivity (Wildman–Crippen MR) is 106 cm³/mol. The molecule has 1 atom stereocenters. The average Bonchev–Trinajstić information content (AvgIpc) is 2.91. The van der Waals surface area contributed by atoms with Gasteiger partial charge in [-0.1, -0.05) is 12.1 Å². The lowest BCUT2D eigenvalue weighted by molar-refractivity contribution is -0.130. The highest BCUT2D eigenvalue weighted by Gasteiger charge is 2.24. The topological polar surface area (TPSA) is 65.1 Å². The van der Waals surface area contributed by atoms with Gasteiger partial charge in [0.2, 0.25) is 11.8 Å². The highest BCUT2D eigenvalue weighted by atomic mass is 16.5. The van der Waals surface area contributed by atoms with Crippen LogP contribution < -0.4 is 10.1 Å². The van der Waals surface area contributed by atoms with Gasteiger partial charge >= 0.3 is 0 Å². The molecule has 1 unspecified atom stereocenters. The van der Waals surface area contributed by atoms with E-state index in [0.717, 1.165) is 43.9 Å². The van der Waals surface area contributed by atoms with E-state index >= 15 is 0 Å². The lowest BCUT2D eigenvalue weighted by Gasteiger charge is -2.27. The normalized spacial score (nSPS) is 17.0. The van der Waals surface area contributed by atoms with Crippen molar-refractivity contribution in [2.45, 2.75) is 25.9 Å². The number of carbonyl (C=O) groups is 2. The summed E-state index contributed by atoms with van der Waals surface area (Å²) in [6.07, 6.45) is 0.953. The summed E-state index contributed by atoms with van der Waals surface area (Å²) in [6, 6.07) is 7.51. The van der Waals surface area contributed by atoms with Crippen molar-refractivity contribution in [2.24, 2.45) is 0 Å². The second-order valence-electron chi connectivity index (χ2n) is 7.20. The van der Waals surface area contributed by atoms with Crippen molar-refractivity contribution >= 4 is 11.8 Å². The molecule has 0 spiro atoms. The smallest absolute Gasteiger partial charge is 0.237 e. The van der Waals surface area contributed by atoms with Crippen LogP contribution >= 0.6 is 0 Å². The first-order valence-electron chi connectivity index (χ1n) is 9.48. The van der Waals surface area contributed by atoms with E-state index in [1.807, 2.05) is 31.2 Å². The van der Waals surface area contributed by atoms with Crippen molar-refractivity contribution in [1.29, 1.82) is 0 Å². The summed E-state index contributed by atoms with van der Waals surface area (Å²) in [5.74, 6) is 0.929. The molecule has 0 radical (unpaired) electrons. The fourth-order valence-electron chi connectivity index (χ4n) is 3.15. The van der Waals surface area contributed by atoms with E-state index in [-0.39, 0.29) is 17.9 Å². The van der Waals surface area contributed by atoms with E-state index in [9.17, 15) is 9.59 Å². The number of nitrogens with zero attached hydrogens (tertiary/aromatic N) is 3. The molecule has 0 aromatic heterocycles. The third kappa shape index (κ3) is 6.52.